The molecule has 122 valence electrons. The Labute approximate surface area is 134 Å². The predicted molar refractivity (Wildman–Crippen MR) is 83.4 cm³/mol. The smallest absolute Gasteiger partial charge is 0.331 e. The Balaban J connectivity index is 2.34. The highest BCUT2D eigenvalue weighted by Gasteiger charge is 2.09. The quantitative estimate of drug-likeness (QED) is 0.472. The molecule has 0 unspecified atom stereocenters. The van der Waals surface area contributed by atoms with Gasteiger partial charge >= 0.3 is 5.69 Å². The molecule has 2 rings (SSSR count). The van der Waals surface area contributed by atoms with Crippen LogP contribution in [0.2, 0.25) is 0 Å². The first-order valence-electron chi connectivity index (χ1n) is 6.62. The van der Waals surface area contributed by atoms with E-state index in [1.807, 2.05) is 0 Å². The Hall–Kier alpha value is -2.36. The maximum absolute atomic E-state index is 11.9. The van der Waals surface area contributed by atoms with E-state index < -0.39 is 17.2 Å². The number of primary amides is 1. The SMILES string of the molecule is NC(=O)c1cccc(Sc2cc(=O)[nH]c(=O)n2COCCO)c1. The van der Waals surface area contributed by atoms with Crippen molar-refractivity contribution in [2.24, 2.45) is 5.73 Å². The van der Waals surface area contributed by atoms with E-state index in [0.717, 1.165) is 11.8 Å². The summed E-state index contributed by atoms with van der Waals surface area (Å²) in [6, 6.07) is 7.77. The second kappa shape index (κ2) is 7.77. The van der Waals surface area contributed by atoms with Crippen LogP contribution in [0.3, 0.4) is 0 Å². The summed E-state index contributed by atoms with van der Waals surface area (Å²) in [5.74, 6) is -0.568. The Kier molecular flexibility index (Phi) is 5.74. The normalized spacial score (nSPS) is 10.7. The third kappa shape index (κ3) is 4.55. The fourth-order valence-corrected chi connectivity index (χ4v) is 2.75. The Bertz CT molecular complexity index is 815. The van der Waals surface area contributed by atoms with Crippen LogP contribution < -0.4 is 17.0 Å². The number of H-pyrrole nitrogens is 1. The number of hydrogen-bond acceptors (Lipinski definition) is 6. The first kappa shape index (κ1) is 17.0. The molecule has 0 radical (unpaired) electrons. The molecule has 1 heterocycles. The van der Waals surface area contributed by atoms with E-state index >= 15 is 0 Å². The maximum Gasteiger partial charge on any atom is 0.331 e. The number of nitrogens with two attached hydrogens (primary N) is 1. The van der Waals surface area contributed by atoms with Crippen LogP contribution in [0.5, 0.6) is 0 Å². The van der Waals surface area contributed by atoms with Crippen molar-refractivity contribution in [1.29, 1.82) is 0 Å². The minimum atomic E-state index is -0.621. The molecular formula is C14H15N3O5S. The zero-order valence-corrected chi connectivity index (χ0v) is 12.8. The molecule has 0 fully saturated rings. The standard InChI is InChI=1S/C14H15N3O5S/c15-13(20)9-2-1-3-10(6-9)23-12-7-11(19)16-14(21)17(12)8-22-5-4-18/h1-3,6-7,18H,4-5,8H2,(H2,15,20)(H,16,19,21). The van der Waals surface area contributed by atoms with Crippen LogP contribution in [0.4, 0.5) is 0 Å². The largest absolute Gasteiger partial charge is 0.394 e. The molecule has 0 spiro atoms. The van der Waals surface area contributed by atoms with Gasteiger partial charge in [-0.2, -0.15) is 0 Å². The van der Waals surface area contributed by atoms with E-state index in [4.69, 9.17) is 15.6 Å². The van der Waals surface area contributed by atoms with Gasteiger partial charge in [-0.15, -0.1) is 0 Å². The third-order valence-electron chi connectivity index (χ3n) is 2.79. The number of hydrogen-bond donors (Lipinski definition) is 3. The van der Waals surface area contributed by atoms with Gasteiger partial charge in [0.1, 0.15) is 6.73 Å². The summed E-state index contributed by atoms with van der Waals surface area (Å²) in [5.41, 5.74) is 4.40. The van der Waals surface area contributed by atoms with Crippen molar-refractivity contribution >= 4 is 17.7 Å². The van der Waals surface area contributed by atoms with Crippen molar-refractivity contribution in [3.05, 3.63) is 56.7 Å². The molecule has 0 saturated carbocycles. The minimum absolute atomic E-state index is 0.0623. The number of amides is 1. The summed E-state index contributed by atoms with van der Waals surface area (Å²) in [6.45, 7) is -0.234. The molecule has 4 N–H and O–H groups in total. The average Bonchev–Trinajstić information content (AvgIpc) is 2.50. The van der Waals surface area contributed by atoms with Gasteiger partial charge in [0.2, 0.25) is 5.91 Å². The lowest BCUT2D eigenvalue weighted by Gasteiger charge is -2.11. The highest BCUT2D eigenvalue weighted by Crippen LogP contribution is 2.26. The Morgan fingerprint density at radius 3 is 2.83 bits per heavy atom. The molecule has 0 aliphatic heterocycles. The first-order valence-corrected chi connectivity index (χ1v) is 7.43. The van der Waals surface area contributed by atoms with Crippen molar-refractivity contribution in [3.8, 4) is 0 Å². The third-order valence-corrected chi connectivity index (χ3v) is 3.83. The number of aromatic amines is 1. The van der Waals surface area contributed by atoms with Crippen molar-refractivity contribution < 1.29 is 14.6 Å². The second-order valence-electron chi connectivity index (χ2n) is 4.46. The molecule has 1 aromatic heterocycles. The van der Waals surface area contributed by atoms with Crippen molar-refractivity contribution in [2.75, 3.05) is 13.2 Å². The van der Waals surface area contributed by atoms with Crippen molar-refractivity contribution in [2.45, 2.75) is 16.7 Å². The van der Waals surface area contributed by atoms with E-state index in [-0.39, 0.29) is 19.9 Å². The molecule has 1 aromatic carbocycles. The van der Waals surface area contributed by atoms with Crippen LogP contribution in [0, 0.1) is 0 Å². The van der Waals surface area contributed by atoms with Gasteiger partial charge in [0.05, 0.1) is 18.2 Å². The van der Waals surface area contributed by atoms with E-state index in [1.54, 1.807) is 24.3 Å². The fourth-order valence-electron chi connectivity index (χ4n) is 1.76. The molecule has 8 nitrogen and oxygen atoms in total. The lowest BCUT2D eigenvalue weighted by Crippen LogP contribution is -2.31. The van der Waals surface area contributed by atoms with Crippen LogP contribution in [0.1, 0.15) is 10.4 Å². The number of nitrogens with zero attached hydrogens (tertiary/aromatic N) is 1. The highest BCUT2D eigenvalue weighted by molar-refractivity contribution is 7.99. The average molecular weight is 337 g/mol. The monoisotopic (exact) mass is 337 g/mol. The topological polar surface area (TPSA) is 127 Å². The molecule has 0 saturated heterocycles. The predicted octanol–water partition coefficient (Wildman–Crippen LogP) is -0.247. The summed E-state index contributed by atoms with van der Waals surface area (Å²) in [7, 11) is 0. The Morgan fingerprint density at radius 2 is 2.13 bits per heavy atom. The lowest BCUT2D eigenvalue weighted by atomic mass is 10.2. The molecule has 9 heteroatoms. The molecule has 0 atom stereocenters. The van der Waals surface area contributed by atoms with E-state index in [9.17, 15) is 14.4 Å². The summed E-state index contributed by atoms with van der Waals surface area (Å²) in [5, 5.41) is 9.07. The second-order valence-corrected chi connectivity index (χ2v) is 5.55. The molecule has 2 aromatic rings. The van der Waals surface area contributed by atoms with Crippen LogP contribution in [-0.2, 0) is 11.5 Å². The lowest BCUT2D eigenvalue weighted by molar-refractivity contribution is 0.0413. The van der Waals surface area contributed by atoms with Crippen molar-refractivity contribution in [1.82, 2.24) is 9.55 Å². The molecule has 0 bridgehead atoms. The molecule has 0 aliphatic rings. The van der Waals surface area contributed by atoms with Crippen LogP contribution in [0.15, 0.2) is 49.8 Å². The molecule has 0 aliphatic carbocycles. The first-order chi connectivity index (χ1) is 11.0. The number of aromatic nitrogens is 2. The van der Waals surface area contributed by atoms with Gasteiger partial charge in [0.25, 0.3) is 5.56 Å². The number of benzene rings is 1. The van der Waals surface area contributed by atoms with Gasteiger partial charge in [0.15, 0.2) is 0 Å². The van der Waals surface area contributed by atoms with E-state index in [0.29, 0.717) is 15.5 Å². The van der Waals surface area contributed by atoms with Gasteiger partial charge in [0, 0.05) is 16.5 Å². The number of nitrogens with one attached hydrogen (secondary N) is 1. The maximum atomic E-state index is 11.9. The molecule has 23 heavy (non-hydrogen) atoms. The number of aliphatic hydroxyl groups excluding tert-OH is 1. The zero-order chi connectivity index (χ0) is 16.8. The number of carbonyl (C=O) groups is 1. The number of ether oxygens (including phenoxy) is 1. The summed E-state index contributed by atoms with van der Waals surface area (Å²) < 4.78 is 6.35. The fraction of sp³-hybridized carbons (Fsp3) is 0.214. The minimum Gasteiger partial charge on any atom is -0.394 e. The highest BCUT2D eigenvalue weighted by atomic mass is 32.2. The van der Waals surface area contributed by atoms with Gasteiger partial charge in [-0.1, -0.05) is 17.8 Å². The summed E-state index contributed by atoms with van der Waals surface area (Å²) in [4.78, 5) is 37.4. The van der Waals surface area contributed by atoms with E-state index in [1.165, 1.54) is 10.6 Å². The zero-order valence-electron chi connectivity index (χ0n) is 12.0. The summed E-state index contributed by atoms with van der Waals surface area (Å²) >= 11 is 1.12. The van der Waals surface area contributed by atoms with Gasteiger partial charge in [-0.25, -0.2) is 4.79 Å². The molecular weight excluding hydrogens is 322 g/mol. The van der Waals surface area contributed by atoms with Crippen LogP contribution >= 0.6 is 11.8 Å². The summed E-state index contributed by atoms with van der Waals surface area (Å²) in [6.07, 6.45) is 0. The number of rotatable bonds is 7. The van der Waals surface area contributed by atoms with Gasteiger partial charge < -0.3 is 15.6 Å². The van der Waals surface area contributed by atoms with Gasteiger partial charge in [-0.05, 0) is 18.2 Å². The van der Waals surface area contributed by atoms with Crippen LogP contribution in [-0.4, -0.2) is 33.8 Å². The molecule has 1 amide bonds. The van der Waals surface area contributed by atoms with Crippen molar-refractivity contribution in [3.63, 3.8) is 0 Å². The van der Waals surface area contributed by atoms with Crippen LogP contribution in [0.25, 0.3) is 0 Å². The Morgan fingerprint density at radius 1 is 1.35 bits per heavy atom. The van der Waals surface area contributed by atoms with E-state index in [2.05, 4.69) is 4.98 Å². The number of aliphatic hydroxyl groups is 1. The van der Waals surface area contributed by atoms with Gasteiger partial charge in [-0.3, -0.25) is 19.1 Å². The number of carbonyl (C=O) groups excluding carboxylic acids is 1.